The molecule has 0 fully saturated rings. The fourth-order valence-electron chi connectivity index (χ4n) is 1.88. The van der Waals surface area contributed by atoms with Crippen LogP contribution in [-0.4, -0.2) is 44.6 Å². The molecule has 0 bridgehead atoms. The van der Waals surface area contributed by atoms with E-state index in [1.54, 1.807) is 26.4 Å². The summed E-state index contributed by atoms with van der Waals surface area (Å²) in [7, 11) is 3.38. The summed E-state index contributed by atoms with van der Waals surface area (Å²) >= 11 is 0. The molecule has 0 aromatic heterocycles. The normalized spacial score (nSPS) is 14.3. The van der Waals surface area contributed by atoms with Crippen molar-refractivity contribution in [1.29, 1.82) is 0 Å². The summed E-state index contributed by atoms with van der Waals surface area (Å²) < 4.78 is 10.4. The second kappa shape index (κ2) is 8.91. The SMILES string of the molecule is COCC(CNC(C)CCc1ccc(O)cc1)OC. The van der Waals surface area contributed by atoms with Crippen molar-refractivity contribution >= 4 is 0 Å². The van der Waals surface area contributed by atoms with Crippen LogP contribution in [-0.2, 0) is 15.9 Å². The number of phenolic OH excluding ortho intramolecular Hbond substituents is 1. The van der Waals surface area contributed by atoms with Crippen molar-refractivity contribution < 1.29 is 14.6 Å². The van der Waals surface area contributed by atoms with Gasteiger partial charge in [-0.2, -0.15) is 0 Å². The Labute approximate surface area is 115 Å². The maximum atomic E-state index is 9.22. The van der Waals surface area contributed by atoms with Crippen molar-refractivity contribution in [2.75, 3.05) is 27.4 Å². The first-order chi connectivity index (χ1) is 9.15. The highest BCUT2D eigenvalue weighted by atomic mass is 16.5. The van der Waals surface area contributed by atoms with Gasteiger partial charge in [0.05, 0.1) is 12.7 Å². The van der Waals surface area contributed by atoms with Crippen LogP contribution in [0.15, 0.2) is 24.3 Å². The summed E-state index contributed by atoms with van der Waals surface area (Å²) in [6.45, 7) is 3.56. The third-order valence-electron chi connectivity index (χ3n) is 3.18. The number of aryl methyl sites for hydroxylation is 1. The van der Waals surface area contributed by atoms with E-state index < -0.39 is 0 Å². The first-order valence-electron chi connectivity index (χ1n) is 6.68. The predicted octanol–water partition coefficient (Wildman–Crippen LogP) is 1.96. The van der Waals surface area contributed by atoms with Gasteiger partial charge in [0.2, 0.25) is 0 Å². The number of hydrogen-bond donors (Lipinski definition) is 2. The summed E-state index contributed by atoms with van der Waals surface area (Å²) in [5, 5.41) is 12.7. The van der Waals surface area contributed by atoms with Crippen molar-refractivity contribution in [3.8, 4) is 5.75 Å². The Balaban J connectivity index is 2.23. The van der Waals surface area contributed by atoms with Crippen molar-refractivity contribution in [2.24, 2.45) is 0 Å². The van der Waals surface area contributed by atoms with E-state index in [1.165, 1.54) is 5.56 Å². The Morgan fingerprint density at radius 1 is 1.21 bits per heavy atom. The van der Waals surface area contributed by atoms with Gasteiger partial charge in [-0.3, -0.25) is 0 Å². The predicted molar refractivity (Wildman–Crippen MR) is 76.6 cm³/mol. The molecule has 1 aromatic carbocycles. The molecule has 1 aromatic rings. The van der Waals surface area contributed by atoms with Gasteiger partial charge in [-0.25, -0.2) is 0 Å². The van der Waals surface area contributed by atoms with E-state index in [0.717, 1.165) is 19.4 Å². The molecule has 0 aliphatic rings. The molecule has 0 radical (unpaired) electrons. The highest BCUT2D eigenvalue weighted by molar-refractivity contribution is 5.25. The van der Waals surface area contributed by atoms with Gasteiger partial charge in [-0.15, -0.1) is 0 Å². The average molecular weight is 267 g/mol. The summed E-state index contributed by atoms with van der Waals surface area (Å²) in [4.78, 5) is 0. The lowest BCUT2D eigenvalue weighted by Gasteiger charge is -2.19. The lowest BCUT2D eigenvalue weighted by molar-refractivity contribution is 0.0275. The number of ether oxygens (including phenoxy) is 2. The zero-order valence-corrected chi connectivity index (χ0v) is 12.1. The minimum absolute atomic E-state index is 0.0983. The summed E-state index contributed by atoms with van der Waals surface area (Å²) in [5.41, 5.74) is 1.24. The van der Waals surface area contributed by atoms with Crippen molar-refractivity contribution in [3.05, 3.63) is 29.8 Å². The second-order valence-corrected chi connectivity index (χ2v) is 4.83. The quantitative estimate of drug-likeness (QED) is 0.718. The molecule has 0 saturated carbocycles. The largest absolute Gasteiger partial charge is 0.508 e. The van der Waals surface area contributed by atoms with Crippen LogP contribution >= 0.6 is 0 Å². The minimum Gasteiger partial charge on any atom is -0.508 e. The van der Waals surface area contributed by atoms with Crippen LogP contribution in [0.5, 0.6) is 5.75 Å². The third kappa shape index (κ3) is 6.57. The fourth-order valence-corrected chi connectivity index (χ4v) is 1.88. The lowest BCUT2D eigenvalue weighted by atomic mass is 10.1. The van der Waals surface area contributed by atoms with E-state index in [1.807, 2.05) is 12.1 Å². The van der Waals surface area contributed by atoms with Gasteiger partial charge in [-0.1, -0.05) is 12.1 Å². The molecular weight excluding hydrogens is 242 g/mol. The molecule has 19 heavy (non-hydrogen) atoms. The molecule has 0 spiro atoms. The van der Waals surface area contributed by atoms with E-state index in [0.29, 0.717) is 18.4 Å². The first-order valence-corrected chi connectivity index (χ1v) is 6.68. The molecule has 0 heterocycles. The van der Waals surface area contributed by atoms with Gasteiger partial charge in [-0.05, 0) is 37.5 Å². The maximum absolute atomic E-state index is 9.22. The van der Waals surface area contributed by atoms with Crippen LogP contribution < -0.4 is 5.32 Å². The standard InChI is InChI=1S/C15H25NO3/c1-12(16-10-15(19-3)11-18-2)4-5-13-6-8-14(17)9-7-13/h6-9,12,15-17H,4-5,10-11H2,1-3H3. The Morgan fingerprint density at radius 2 is 1.89 bits per heavy atom. The zero-order chi connectivity index (χ0) is 14.1. The molecule has 4 nitrogen and oxygen atoms in total. The molecule has 0 aliphatic heterocycles. The maximum Gasteiger partial charge on any atom is 0.115 e. The van der Waals surface area contributed by atoms with Crippen LogP contribution in [0.25, 0.3) is 0 Å². The number of benzene rings is 1. The van der Waals surface area contributed by atoms with Gasteiger partial charge in [0.15, 0.2) is 0 Å². The monoisotopic (exact) mass is 267 g/mol. The molecule has 0 amide bonds. The van der Waals surface area contributed by atoms with E-state index in [-0.39, 0.29) is 6.10 Å². The number of phenols is 1. The zero-order valence-electron chi connectivity index (χ0n) is 12.1. The number of aromatic hydroxyl groups is 1. The lowest BCUT2D eigenvalue weighted by Crippen LogP contribution is -2.37. The first kappa shape index (κ1) is 16.0. The third-order valence-corrected chi connectivity index (χ3v) is 3.18. The van der Waals surface area contributed by atoms with E-state index >= 15 is 0 Å². The van der Waals surface area contributed by atoms with Crippen molar-refractivity contribution in [1.82, 2.24) is 5.32 Å². The fraction of sp³-hybridized carbons (Fsp3) is 0.600. The summed E-state index contributed by atoms with van der Waals surface area (Å²) in [6.07, 6.45) is 2.14. The highest BCUT2D eigenvalue weighted by Crippen LogP contribution is 2.11. The number of rotatable bonds is 9. The van der Waals surface area contributed by atoms with Gasteiger partial charge in [0.1, 0.15) is 5.75 Å². The molecule has 0 aliphatic carbocycles. The van der Waals surface area contributed by atoms with Crippen LogP contribution in [0.3, 0.4) is 0 Å². The van der Waals surface area contributed by atoms with Gasteiger partial charge >= 0.3 is 0 Å². The van der Waals surface area contributed by atoms with Gasteiger partial charge in [0.25, 0.3) is 0 Å². The molecule has 2 unspecified atom stereocenters. The number of nitrogens with one attached hydrogen (secondary N) is 1. The Bertz CT molecular complexity index is 340. The molecule has 2 N–H and O–H groups in total. The molecule has 108 valence electrons. The Morgan fingerprint density at radius 3 is 2.47 bits per heavy atom. The smallest absolute Gasteiger partial charge is 0.115 e. The molecule has 0 saturated heterocycles. The molecule has 4 heteroatoms. The van der Waals surface area contributed by atoms with Crippen LogP contribution in [0, 0.1) is 0 Å². The van der Waals surface area contributed by atoms with Crippen molar-refractivity contribution in [2.45, 2.75) is 31.9 Å². The van der Waals surface area contributed by atoms with Crippen LogP contribution in [0.2, 0.25) is 0 Å². The number of methoxy groups -OCH3 is 2. The summed E-state index contributed by atoms with van der Waals surface area (Å²) in [5.74, 6) is 0.317. The molecule has 2 atom stereocenters. The van der Waals surface area contributed by atoms with E-state index in [4.69, 9.17) is 9.47 Å². The van der Waals surface area contributed by atoms with E-state index in [2.05, 4.69) is 12.2 Å². The Hall–Kier alpha value is -1.10. The molecule has 1 rings (SSSR count). The van der Waals surface area contributed by atoms with Crippen LogP contribution in [0.1, 0.15) is 18.9 Å². The Kier molecular flexibility index (Phi) is 7.48. The number of hydrogen-bond acceptors (Lipinski definition) is 4. The minimum atomic E-state index is 0.0983. The average Bonchev–Trinajstić information content (AvgIpc) is 2.42. The highest BCUT2D eigenvalue weighted by Gasteiger charge is 2.09. The van der Waals surface area contributed by atoms with Gasteiger partial charge < -0.3 is 19.9 Å². The van der Waals surface area contributed by atoms with Gasteiger partial charge in [0, 0.05) is 26.8 Å². The van der Waals surface area contributed by atoms with E-state index in [9.17, 15) is 5.11 Å². The molecular formula is C15H25NO3. The van der Waals surface area contributed by atoms with Crippen LogP contribution in [0.4, 0.5) is 0 Å². The van der Waals surface area contributed by atoms with Crippen molar-refractivity contribution in [3.63, 3.8) is 0 Å². The topological polar surface area (TPSA) is 50.7 Å². The summed E-state index contributed by atoms with van der Waals surface area (Å²) in [6, 6.07) is 7.80. The second-order valence-electron chi connectivity index (χ2n) is 4.83.